The van der Waals surface area contributed by atoms with Crippen LogP contribution in [0.2, 0.25) is 0 Å². The summed E-state index contributed by atoms with van der Waals surface area (Å²) in [5, 5.41) is 11.5. The Balaban J connectivity index is 1.92. The van der Waals surface area contributed by atoms with E-state index in [1.807, 2.05) is 13.0 Å². The van der Waals surface area contributed by atoms with Gasteiger partial charge in [-0.3, -0.25) is 14.5 Å². The molecule has 1 aliphatic rings. The zero-order valence-corrected chi connectivity index (χ0v) is 21.0. The number of aliphatic hydroxyl groups excluding tert-OH is 1. The Labute approximate surface area is 214 Å². The Bertz CT molecular complexity index is 1390. The first kappa shape index (κ1) is 25.5. The molecule has 0 radical (unpaired) electrons. The highest BCUT2D eigenvalue weighted by Crippen LogP contribution is 2.44. The van der Waals surface area contributed by atoms with E-state index >= 15 is 0 Å². The standard InChI is InChI=1S/C29H27NO7/c1-5-37-29(34)18-10-12-20(13-11-18)30-25(19-7-6-8-21(16-19)35-3)24(27(32)28(30)33)26(31)22-15-17(2)9-14-23(22)36-4/h6-16,25,31H,5H2,1-4H3/b26-24+. The van der Waals surface area contributed by atoms with Gasteiger partial charge in [0.05, 0.1) is 43.6 Å². The lowest BCUT2D eigenvalue weighted by Crippen LogP contribution is -2.29. The van der Waals surface area contributed by atoms with Gasteiger partial charge in [-0.1, -0.05) is 23.8 Å². The first-order chi connectivity index (χ1) is 17.8. The maximum absolute atomic E-state index is 13.4. The number of carbonyl (C=O) groups excluding carboxylic acids is 3. The van der Waals surface area contributed by atoms with Crippen LogP contribution in [0.5, 0.6) is 11.5 Å². The number of benzene rings is 3. The highest BCUT2D eigenvalue weighted by molar-refractivity contribution is 6.51. The molecular formula is C29H27NO7. The van der Waals surface area contributed by atoms with E-state index in [4.69, 9.17) is 14.2 Å². The van der Waals surface area contributed by atoms with Crippen LogP contribution in [0.3, 0.4) is 0 Å². The molecule has 0 spiro atoms. The zero-order valence-electron chi connectivity index (χ0n) is 21.0. The Kier molecular flexibility index (Phi) is 7.29. The summed E-state index contributed by atoms with van der Waals surface area (Å²) in [5.41, 5.74) is 2.29. The van der Waals surface area contributed by atoms with Crippen molar-refractivity contribution in [1.29, 1.82) is 0 Å². The van der Waals surface area contributed by atoms with Crippen LogP contribution < -0.4 is 14.4 Å². The second kappa shape index (κ2) is 10.6. The van der Waals surface area contributed by atoms with Crippen molar-refractivity contribution in [2.24, 2.45) is 0 Å². The average molecular weight is 502 g/mol. The Morgan fingerprint density at radius 1 is 0.973 bits per heavy atom. The van der Waals surface area contributed by atoms with E-state index in [2.05, 4.69) is 0 Å². The molecule has 1 amide bonds. The van der Waals surface area contributed by atoms with E-state index in [1.54, 1.807) is 55.5 Å². The predicted octanol–water partition coefficient (Wildman–Crippen LogP) is 4.82. The second-order valence-corrected chi connectivity index (χ2v) is 8.42. The topological polar surface area (TPSA) is 102 Å². The van der Waals surface area contributed by atoms with Crippen LogP contribution in [0.4, 0.5) is 5.69 Å². The molecule has 0 saturated carbocycles. The summed E-state index contributed by atoms with van der Waals surface area (Å²) in [7, 11) is 2.98. The van der Waals surface area contributed by atoms with Crippen molar-refractivity contribution in [2.75, 3.05) is 25.7 Å². The number of aliphatic hydroxyl groups is 1. The highest BCUT2D eigenvalue weighted by atomic mass is 16.5. The molecule has 1 unspecified atom stereocenters. The number of rotatable bonds is 7. The van der Waals surface area contributed by atoms with Crippen molar-refractivity contribution in [2.45, 2.75) is 19.9 Å². The normalized spacial score (nSPS) is 16.5. The molecule has 1 heterocycles. The number of amides is 1. The first-order valence-electron chi connectivity index (χ1n) is 11.7. The molecule has 3 aromatic carbocycles. The van der Waals surface area contributed by atoms with Crippen LogP contribution in [0.1, 0.15) is 40.0 Å². The van der Waals surface area contributed by atoms with Gasteiger partial charge in [-0.2, -0.15) is 0 Å². The fraction of sp³-hybridized carbons (Fsp3) is 0.207. The number of carbonyl (C=O) groups is 3. The number of aryl methyl sites for hydroxylation is 1. The van der Waals surface area contributed by atoms with Gasteiger partial charge in [-0.05, 0) is 67.9 Å². The van der Waals surface area contributed by atoms with Crippen molar-refractivity contribution in [1.82, 2.24) is 0 Å². The molecule has 1 saturated heterocycles. The molecule has 1 fully saturated rings. The number of nitrogens with zero attached hydrogens (tertiary/aromatic N) is 1. The molecule has 4 rings (SSSR count). The van der Waals surface area contributed by atoms with Gasteiger partial charge in [0.2, 0.25) is 0 Å². The minimum absolute atomic E-state index is 0.0865. The number of hydrogen-bond acceptors (Lipinski definition) is 7. The van der Waals surface area contributed by atoms with Gasteiger partial charge >= 0.3 is 5.97 Å². The second-order valence-electron chi connectivity index (χ2n) is 8.42. The summed E-state index contributed by atoms with van der Waals surface area (Å²) < 4.78 is 15.8. The summed E-state index contributed by atoms with van der Waals surface area (Å²) in [6.45, 7) is 3.79. The number of ketones is 1. The highest BCUT2D eigenvalue weighted by Gasteiger charge is 2.47. The number of hydrogen-bond donors (Lipinski definition) is 1. The van der Waals surface area contributed by atoms with E-state index in [0.717, 1.165) is 5.56 Å². The number of methoxy groups -OCH3 is 2. The zero-order chi connectivity index (χ0) is 26.7. The van der Waals surface area contributed by atoms with Crippen LogP contribution in [0.25, 0.3) is 5.76 Å². The molecule has 1 N–H and O–H groups in total. The molecule has 0 aliphatic carbocycles. The monoisotopic (exact) mass is 501 g/mol. The van der Waals surface area contributed by atoms with Crippen LogP contribution in [0.15, 0.2) is 72.3 Å². The maximum Gasteiger partial charge on any atom is 0.338 e. The smallest absolute Gasteiger partial charge is 0.338 e. The van der Waals surface area contributed by atoms with Gasteiger partial charge in [0, 0.05) is 5.69 Å². The predicted molar refractivity (Wildman–Crippen MR) is 138 cm³/mol. The molecule has 8 nitrogen and oxygen atoms in total. The van der Waals surface area contributed by atoms with Crippen molar-refractivity contribution in [3.63, 3.8) is 0 Å². The first-order valence-corrected chi connectivity index (χ1v) is 11.7. The van der Waals surface area contributed by atoms with E-state index < -0.39 is 23.7 Å². The van der Waals surface area contributed by atoms with Gasteiger partial charge in [-0.15, -0.1) is 0 Å². The summed E-state index contributed by atoms with van der Waals surface area (Å²) in [5.74, 6) is -1.62. The van der Waals surface area contributed by atoms with Crippen molar-refractivity contribution < 1.29 is 33.7 Å². The largest absolute Gasteiger partial charge is 0.507 e. The van der Waals surface area contributed by atoms with E-state index in [1.165, 1.54) is 31.3 Å². The molecule has 0 bridgehead atoms. The van der Waals surface area contributed by atoms with Gasteiger partial charge in [-0.25, -0.2) is 4.79 Å². The minimum atomic E-state index is -0.964. The van der Waals surface area contributed by atoms with Crippen molar-refractivity contribution in [3.05, 3.63) is 94.6 Å². The van der Waals surface area contributed by atoms with Gasteiger partial charge in [0.15, 0.2) is 0 Å². The van der Waals surface area contributed by atoms with Crippen LogP contribution in [0, 0.1) is 6.92 Å². The lowest BCUT2D eigenvalue weighted by Gasteiger charge is -2.26. The number of anilines is 1. The summed E-state index contributed by atoms with van der Waals surface area (Å²) >= 11 is 0. The SMILES string of the molecule is CCOC(=O)c1ccc(N2C(=O)C(=O)/C(=C(/O)c3cc(C)ccc3OC)C2c2cccc(OC)c2)cc1. The Morgan fingerprint density at radius 3 is 2.35 bits per heavy atom. The van der Waals surface area contributed by atoms with Crippen molar-refractivity contribution in [3.8, 4) is 11.5 Å². The van der Waals surface area contributed by atoms with E-state index in [9.17, 15) is 19.5 Å². The van der Waals surface area contributed by atoms with Crippen LogP contribution in [-0.4, -0.2) is 43.6 Å². The molecule has 8 heteroatoms. The minimum Gasteiger partial charge on any atom is -0.507 e. The Morgan fingerprint density at radius 2 is 1.70 bits per heavy atom. The molecule has 37 heavy (non-hydrogen) atoms. The van der Waals surface area contributed by atoms with Crippen molar-refractivity contribution >= 4 is 29.1 Å². The lowest BCUT2D eigenvalue weighted by atomic mass is 9.94. The number of esters is 1. The lowest BCUT2D eigenvalue weighted by molar-refractivity contribution is -0.132. The number of ether oxygens (including phenoxy) is 3. The summed E-state index contributed by atoms with van der Waals surface area (Å²) in [6.07, 6.45) is 0. The third-order valence-electron chi connectivity index (χ3n) is 6.12. The quantitative estimate of drug-likeness (QED) is 0.214. The van der Waals surface area contributed by atoms with E-state index in [0.29, 0.717) is 33.9 Å². The van der Waals surface area contributed by atoms with Gasteiger partial charge < -0.3 is 19.3 Å². The average Bonchev–Trinajstić information content (AvgIpc) is 3.18. The van der Waals surface area contributed by atoms with E-state index in [-0.39, 0.29) is 17.9 Å². The molecule has 0 aromatic heterocycles. The van der Waals surface area contributed by atoms with Gasteiger partial charge in [0.1, 0.15) is 17.3 Å². The molecule has 1 aliphatic heterocycles. The third kappa shape index (κ3) is 4.78. The molecular weight excluding hydrogens is 474 g/mol. The molecule has 3 aromatic rings. The molecule has 190 valence electrons. The maximum atomic E-state index is 13.4. The summed E-state index contributed by atoms with van der Waals surface area (Å²) in [6, 6.07) is 17.4. The fourth-order valence-electron chi connectivity index (χ4n) is 4.35. The Hall–Kier alpha value is -4.59. The van der Waals surface area contributed by atoms with Crippen LogP contribution >= 0.6 is 0 Å². The summed E-state index contributed by atoms with van der Waals surface area (Å²) in [4.78, 5) is 40.3. The van der Waals surface area contributed by atoms with Gasteiger partial charge in [0.25, 0.3) is 11.7 Å². The van der Waals surface area contributed by atoms with Crippen LogP contribution in [-0.2, 0) is 14.3 Å². The molecule has 1 atom stereocenters. The third-order valence-corrected chi connectivity index (χ3v) is 6.12. The fourth-order valence-corrected chi connectivity index (χ4v) is 4.35. The number of Topliss-reactive ketones (excluding diaryl/α,β-unsaturated/α-hetero) is 1.